The van der Waals surface area contributed by atoms with Crippen LogP contribution in [-0.4, -0.2) is 8.42 Å². The van der Waals surface area contributed by atoms with Gasteiger partial charge in [0.1, 0.15) is 5.40 Å². The standard InChI is InChI=1S/C14H12N2O2S2/c1-11-9-12(7-8-14(11)19-10-15)16-20(17,18)13-5-3-2-4-6-13/h2-9,16H,1H3. The van der Waals surface area contributed by atoms with Gasteiger partial charge in [-0.1, -0.05) is 18.2 Å². The van der Waals surface area contributed by atoms with Crippen LogP contribution >= 0.6 is 11.8 Å². The average Bonchev–Trinajstić information content (AvgIpc) is 2.43. The van der Waals surface area contributed by atoms with Crippen LogP contribution in [0.5, 0.6) is 0 Å². The lowest BCUT2D eigenvalue weighted by molar-refractivity contribution is 0.601. The molecule has 0 bridgehead atoms. The lowest BCUT2D eigenvalue weighted by atomic mass is 10.2. The van der Waals surface area contributed by atoms with E-state index >= 15 is 0 Å². The summed E-state index contributed by atoms with van der Waals surface area (Å²) in [7, 11) is -3.58. The molecule has 20 heavy (non-hydrogen) atoms. The van der Waals surface area contributed by atoms with E-state index in [1.165, 1.54) is 12.1 Å². The third-order valence-corrected chi connectivity index (χ3v) is 4.80. The van der Waals surface area contributed by atoms with Gasteiger partial charge in [-0.15, -0.1) is 0 Å². The van der Waals surface area contributed by atoms with E-state index in [9.17, 15) is 8.42 Å². The van der Waals surface area contributed by atoms with Gasteiger partial charge in [-0.3, -0.25) is 4.72 Å². The first-order chi connectivity index (χ1) is 9.53. The fourth-order valence-corrected chi connectivity index (χ4v) is 3.22. The Kier molecular flexibility index (Phi) is 4.32. The predicted octanol–water partition coefficient (Wildman–Crippen LogP) is 3.37. The first-order valence-corrected chi connectivity index (χ1v) is 8.07. The molecule has 0 fully saturated rings. The summed E-state index contributed by atoms with van der Waals surface area (Å²) in [6.07, 6.45) is 0. The van der Waals surface area contributed by atoms with Gasteiger partial charge < -0.3 is 0 Å². The highest BCUT2D eigenvalue weighted by molar-refractivity contribution is 8.03. The average molecular weight is 304 g/mol. The van der Waals surface area contributed by atoms with Crippen molar-refractivity contribution in [2.75, 3.05) is 4.72 Å². The van der Waals surface area contributed by atoms with Gasteiger partial charge in [0.05, 0.1) is 4.90 Å². The van der Waals surface area contributed by atoms with Crippen molar-refractivity contribution < 1.29 is 8.42 Å². The van der Waals surface area contributed by atoms with Crippen molar-refractivity contribution in [2.45, 2.75) is 16.7 Å². The number of aryl methyl sites for hydroxylation is 1. The first kappa shape index (κ1) is 14.4. The van der Waals surface area contributed by atoms with E-state index in [4.69, 9.17) is 5.26 Å². The highest BCUT2D eigenvalue weighted by atomic mass is 32.2. The van der Waals surface area contributed by atoms with E-state index in [-0.39, 0.29) is 4.90 Å². The Labute approximate surface area is 122 Å². The highest BCUT2D eigenvalue weighted by Gasteiger charge is 2.13. The second-order valence-corrected chi connectivity index (χ2v) is 6.60. The Hall–Kier alpha value is -1.97. The van der Waals surface area contributed by atoms with Crippen molar-refractivity contribution in [2.24, 2.45) is 0 Å². The fraction of sp³-hybridized carbons (Fsp3) is 0.0714. The topological polar surface area (TPSA) is 70.0 Å². The summed E-state index contributed by atoms with van der Waals surface area (Å²) in [5, 5.41) is 10.6. The van der Waals surface area contributed by atoms with Crippen molar-refractivity contribution in [3.05, 3.63) is 54.1 Å². The molecule has 0 aliphatic heterocycles. The molecule has 0 radical (unpaired) electrons. The van der Waals surface area contributed by atoms with E-state index in [0.717, 1.165) is 22.2 Å². The Bertz CT molecular complexity index is 750. The van der Waals surface area contributed by atoms with Gasteiger partial charge in [0, 0.05) is 10.6 Å². The Balaban J connectivity index is 2.27. The van der Waals surface area contributed by atoms with Crippen LogP contribution in [0.4, 0.5) is 5.69 Å². The lowest BCUT2D eigenvalue weighted by Crippen LogP contribution is -2.12. The number of hydrogen-bond acceptors (Lipinski definition) is 4. The van der Waals surface area contributed by atoms with Crippen molar-refractivity contribution in [3.63, 3.8) is 0 Å². The minimum Gasteiger partial charge on any atom is -0.280 e. The number of rotatable bonds is 4. The molecular formula is C14H12N2O2S2. The lowest BCUT2D eigenvalue weighted by Gasteiger charge is -2.09. The van der Waals surface area contributed by atoms with E-state index < -0.39 is 10.0 Å². The van der Waals surface area contributed by atoms with Gasteiger partial charge in [0.25, 0.3) is 10.0 Å². The zero-order valence-electron chi connectivity index (χ0n) is 10.7. The van der Waals surface area contributed by atoms with Gasteiger partial charge in [-0.05, 0) is 54.6 Å². The zero-order chi connectivity index (χ0) is 14.6. The maximum absolute atomic E-state index is 12.2. The highest BCUT2D eigenvalue weighted by Crippen LogP contribution is 2.25. The Morgan fingerprint density at radius 1 is 1.15 bits per heavy atom. The quantitative estimate of drug-likeness (QED) is 0.694. The van der Waals surface area contributed by atoms with Crippen LogP contribution in [0, 0.1) is 17.6 Å². The SMILES string of the molecule is Cc1cc(NS(=O)(=O)c2ccccc2)ccc1SC#N. The molecule has 0 aliphatic carbocycles. The van der Waals surface area contributed by atoms with E-state index in [1.54, 1.807) is 36.4 Å². The van der Waals surface area contributed by atoms with Crippen LogP contribution in [0.25, 0.3) is 0 Å². The van der Waals surface area contributed by atoms with Crippen LogP contribution < -0.4 is 4.72 Å². The number of nitriles is 1. The predicted molar refractivity (Wildman–Crippen MR) is 79.9 cm³/mol. The summed E-state index contributed by atoms with van der Waals surface area (Å²) in [5.41, 5.74) is 1.33. The van der Waals surface area contributed by atoms with Crippen molar-refractivity contribution in [1.29, 1.82) is 5.26 Å². The molecular weight excluding hydrogens is 292 g/mol. The zero-order valence-corrected chi connectivity index (χ0v) is 12.3. The van der Waals surface area contributed by atoms with Gasteiger partial charge in [-0.25, -0.2) is 8.42 Å². The van der Waals surface area contributed by atoms with Crippen molar-refractivity contribution in [1.82, 2.24) is 0 Å². The van der Waals surface area contributed by atoms with Crippen molar-refractivity contribution in [3.8, 4) is 5.40 Å². The number of nitrogens with one attached hydrogen (secondary N) is 1. The molecule has 0 saturated heterocycles. The van der Waals surface area contributed by atoms with Gasteiger partial charge in [-0.2, -0.15) is 5.26 Å². The molecule has 2 rings (SSSR count). The molecule has 0 aliphatic rings. The number of anilines is 1. The molecule has 6 heteroatoms. The van der Waals surface area contributed by atoms with Gasteiger partial charge in [0.2, 0.25) is 0 Å². The monoisotopic (exact) mass is 304 g/mol. The number of thioether (sulfide) groups is 1. The number of benzene rings is 2. The molecule has 0 heterocycles. The maximum Gasteiger partial charge on any atom is 0.261 e. The van der Waals surface area contributed by atoms with Crippen LogP contribution in [0.1, 0.15) is 5.56 Å². The Morgan fingerprint density at radius 3 is 2.45 bits per heavy atom. The molecule has 0 spiro atoms. The second-order valence-electron chi connectivity index (χ2n) is 4.09. The van der Waals surface area contributed by atoms with E-state index in [2.05, 4.69) is 4.72 Å². The van der Waals surface area contributed by atoms with Crippen LogP contribution in [0.2, 0.25) is 0 Å². The molecule has 0 aromatic heterocycles. The number of nitrogens with zero attached hydrogens (tertiary/aromatic N) is 1. The molecule has 0 amide bonds. The number of sulfonamides is 1. The molecule has 102 valence electrons. The number of thiocyanates is 1. The minimum absolute atomic E-state index is 0.216. The molecule has 2 aromatic carbocycles. The normalized spacial score (nSPS) is 10.8. The summed E-state index contributed by atoms with van der Waals surface area (Å²) < 4.78 is 26.8. The summed E-state index contributed by atoms with van der Waals surface area (Å²) in [4.78, 5) is 1.03. The van der Waals surface area contributed by atoms with Crippen LogP contribution in [0.3, 0.4) is 0 Å². The smallest absolute Gasteiger partial charge is 0.261 e. The third-order valence-electron chi connectivity index (χ3n) is 2.64. The first-order valence-electron chi connectivity index (χ1n) is 5.77. The molecule has 4 nitrogen and oxygen atoms in total. The summed E-state index contributed by atoms with van der Waals surface area (Å²) in [5.74, 6) is 0. The van der Waals surface area contributed by atoms with Crippen LogP contribution in [-0.2, 0) is 10.0 Å². The largest absolute Gasteiger partial charge is 0.280 e. The third kappa shape index (κ3) is 3.32. The summed E-state index contributed by atoms with van der Waals surface area (Å²) in [6, 6.07) is 13.3. The molecule has 0 unspecified atom stereocenters. The maximum atomic E-state index is 12.2. The summed E-state index contributed by atoms with van der Waals surface area (Å²) >= 11 is 1.05. The van der Waals surface area contributed by atoms with Crippen molar-refractivity contribution >= 4 is 27.5 Å². The minimum atomic E-state index is -3.58. The van der Waals surface area contributed by atoms with E-state index in [0.29, 0.717) is 5.69 Å². The van der Waals surface area contributed by atoms with Gasteiger partial charge >= 0.3 is 0 Å². The van der Waals surface area contributed by atoms with Gasteiger partial charge in [0.15, 0.2) is 0 Å². The van der Waals surface area contributed by atoms with Crippen LogP contribution in [0.15, 0.2) is 58.3 Å². The molecule has 0 saturated carbocycles. The second kappa shape index (κ2) is 5.99. The van der Waals surface area contributed by atoms with E-state index in [1.807, 2.05) is 12.3 Å². The molecule has 2 aromatic rings. The molecule has 1 N–H and O–H groups in total. The number of hydrogen-bond donors (Lipinski definition) is 1. The Morgan fingerprint density at radius 2 is 1.85 bits per heavy atom. The fourth-order valence-electron chi connectivity index (χ4n) is 1.69. The summed E-state index contributed by atoms with van der Waals surface area (Å²) in [6.45, 7) is 1.83. The molecule has 0 atom stereocenters.